The van der Waals surface area contributed by atoms with Crippen LogP contribution in [0.2, 0.25) is 0 Å². The second-order valence-corrected chi connectivity index (χ2v) is 9.20. The first-order chi connectivity index (χ1) is 17.1. The Morgan fingerprint density at radius 1 is 1.00 bits per heavy atom. The fourth-order valence-corrected chi connectivity index (χ4v) is 5.01. The van der Waals surface area contributed by atoms with E-state index in [1.807, 2.05) is 53.1 Å². The molecule has 8 nitrogen and oxygen atoms in total. The van der Waals surface area contributed by atoms with E-state index in [-0.39, 0.29) is 24.2 Å². The summed E-state index contributed by atoms with van der Waals surface area (Å²) >= 11 is 1.35. The molecule has 1 aromatic heterocycles. The lowest BCUT2D eigenvalue weighted by molar-refractivity contribution is -0.115. The van der Waals surface area contributed by atoms with Gasteiger partial charge in [0, 0.05) is 16.8 Å². The number of Topliss-reactive ketones (excluding diaryl/α,β-unsaturated/α-hetero) is 1. The molecule has 0 spiro atoms. The van der Waals surface area contributed by atoms with E-state index < -0.39 is 0 Å². The molecule has 3 aromatic carbocycles. The molecule has 0 aliphatic carbocycles. The van der Waals surface area contributed by atoms with Crippen LogP contribution in [0.3, 0.4) is 0 Å². The molecule has 0 radical (unpaired) electrons. The third-order valence-electron chi connectivity index (χ3n) is 5.91. The van der Waals surface area contributed by atoms with Crippen LogP contribution in [0.5, 0.6) is 11.5 Å². The molecule has 2 aliphatic heterocycles. The highest BCUT2D eigenvalue weighted by Crippen LogP contribution is 2.34. The summed E-state index contributed by atoms with van der Waals surface area (Å²) in [4.78, 5) is 24.6. The molecule has 1 N–H and O–H groups in total. The number of nitrogens with zero attached hydrogens (tertiary/aromatic N) is 3. The van der Waals surface area contributed by atoms with Crippen molar-refractivity contribution in [3.8, 4) is 22.9 Å². The Morgan fingerprint density at radius 3 is 2.74 bits per heavy atom. The normalized spacial score (nSPS) is 13.5. The van der Waals surface area contributed by atoms with E-state index in [2.05, 4.69) is 15.5 Å². The molecule has 174 valence electrons. The number of benzene rings is 3. The summed E-state index contributed by atoms with van der Waals surface area (Å²) in [5.74, 6) is 2.28. The van der Waals surface area contributed by atoms with Crippen molar-refractivity contribution in [1.82, 2.24) is 14.8 Å². The predicted molar refractivity (Wildman–Crippen MR) is 131 cm³/mol. The van der Waals surface area contributed by atoms with Crippen LogP contribution < -0.4 is 14.8 Å². The van der Waals surface area contributed by atoms with Crippen LogP contribution >= 0.6 is 11.8 Å². The van der Waals surface area contributed by atoms with E-state index >= 15 is 0 Å². The number of carbonyl (C=O) groups is 2. The molecule has 0 bridgehead atoms. The first-order valence-corrected chi connectivity index (χ1v) is 12.1. The van der Waals surface area contributed by atoms with Crippen molar-refractivity contribution >= 4 is 29.1 Å². The Balaban J connectivity index is 1.26. The largest absolute Gasteiger partial charge is 0.454 e. The predicted octanol–water partition coefficient (Wildman–Crippen LogP) is 4.19. The SMILES string of the molecule is O=C1Cc2cc(C(=O)CSc3nnc(-c4ccccc4)n3Cc3ccc4c(c3)OCO4)ccc2N1. The Bertz CT molecular complexity index is 1450. The first kappa shape index (κ1) is 21.4. The second-order valence-electron chi connectivity index (χ2n) is 8.25. The molecule has 0 fully saturated rings. The summed E-state index contributed by atoms with van der Waals surface area (Å²) in [6.07, 6.45) is 0.299. The smallest absolute Gasteiger partial charge is 0.231 e. The Morgan fingerprint density at radius 2 is 1.86 bits per heavy atom. The number of hydrogen-bond acceptors (Lipinski definition) is 7. The molecule has 0 atom stereocenters. The number of amides is 1. The number of ketones is 1. The number of aromatic nitrogens is 3. The van der Waals surface area contributed by atoms with Crippen LogP contribution in [0, 0.1) is 0 Å². The van der Waals surface area contributed by atoms with E-state index in [0.29, 0.717) is 29.4 Å². The summed E-state index contributed by atoms with van der Waals surface area (Å²) in [7, 11) is 0. The van der Waals surface area contributed by atoms with Gasteiger partial charge in [0.2, 0.25) is 12.7 Å². The molecule has 6 rings (SSSR count). The fourth-order valence-electron chi connectivity index (χ4n) is 4.18. The number of fused-ring (bicyclic) bond motifs is 2. The van der Waals surface area contributed by atoms with Gasteiger partial charge in [0.05, 0.1) is 18.7 Å². The average Bonchev–Trinajstić information content (AvgIpc) is 3.60. The van der Waals surface area contributed by atoms with Gasteiger partial charge in [-0.15, -0.1) is 10.2 Å². The van der Waals surface area contributed by atoms with Crippen molar-refractivity contribution in [2.45, 2.75) is 18.1 Å². The molecule has 0 saturated heterocycles. The highest BCUT2D eigenvalue weighted by molar-refractivity contribution is 7.99. The standard InChI is InChI=1S/C26H20N4O4S/c31-21(18-7-8-20-19(11-18)12-24(32)27-20)14-35-26-29-28-25(17-4-2-1-3-5-17)30(26)13-16-6-9-22-23(10-16)34-15-33-22/h1-11H,12-15H2,(H,27,32). The van der Waals surface area contributed by atoms with Crippen molar-refractivity contribution in [2.24, 2.45) is 0 Å². The molecule has 1 amide bonds. The van der Waals surface area contributed by atoms with Crippen LogP contribution in [-0.4, -0.2) is 39.0 Å². The van der Waals surface area contributed by atoms with E-state index in [1.165, 1.54) is 11.8 Å². The Kier molecular flexibility index (Phi) is 5.46. The minimum absolute atomic E-state index is 0.0314. The average molecular weight is 485 g/mol. The van der Waals surface area contributed by atoms with Gasteiger partial charge in [-0.3, -0.25) is 14.2 Å². The first-order valence-electron chi connectivity index (χ1n) is 11.1. The maximum Gasteiger partial charge on any atom is 0.231 e. The van der Waals surface area contributed by atoms with Crippen molar-refractivity contribution in [2.75, 3.05) is 17.9 Å². The lowest BCUT2D eigenvalue weighted by Crippen LogP contribution is -2.07. The van der Waals surface area contributed by atoms with Gasteiger partial charge in [-0.1, -0.05) is 48.2 Å². The highest BCUT2D eigenvalue weighted by Gasteiger charge is 2.21. The van der Waals surface area contributed by atoms with Crippen LogP contribution in [0.25, 0.3) is 11.4 Å². The van der Waals surface area contributed by atoms with Gasteiger partial charge < -0.3 is 14.8 Å². The van der Waals surface area contributed by atoms with Gasteiger partial charge in [0.15, 0.2) is 28.3 Å². The lowest BCUT2D eigenvalue weighted by atomic mass is 10.1. The number of nitrogens with one attached hydrogen (secondary N) is 1. The Labute approximate surface area is 205 Å². The zero-order chi connectivity index (χ0) is 23.8. The van der Waals surface area contributed by atoms with Crippen LogP contribution in [-0.2, 0) is 17.8 Å². The number of carbonyl (C=O) groups excluding carboxylic acids is 2. The number of rotatable bonds is 7. The molecule has 2 aliphatic rings. The van der Waals surface area contributed by atoms with Crippen molar-refractivity contribution in [3.05, 3.63) is 83.4 Å². The Hall–Kier alpha value is -4.11. The van der Waals surface area contributed by atoms with Crippen LogP contribution in [0.4, 0.5) is 5.69 Å². The summed E-state index contributed by atoms with van der Waals surface area (Å²) in [5.41, 5.74) is 4.15. The molecule has 35 heavy (non-hydrogen) atoms. The van der Waals surface area contributed by atoms with Crippen molar-refractivity contribution < 1.29 is 19.1 Å². The molecular formula is C26H20N4O4S. The minimum Gasteiger partial charge on any atom is -0.454 e. The molecular weight excluding hydrogens is 464 g/mol. The summed E-state index contributed by atoms with van der Waals surface area (Å²) in [5, 5.41) is 12.3. The second kappa shape index (κ2) is 8.92. The van der Waals surface area contributed by atoms with Gasteiger partial charge in [0.1, 0.15) is 0 Å². The maximum atomic E-state index is 13.0. The van der Waals surface area contributed by atoms with Crippen molar-refractivity contribution in [3.63, 3.8) is 0 Å². The van der Waals surface area contributed by atoms with Gasteiger partial charge in [-0.25, -0.2) is 0 Å². The highest BCUT2D eigenvalue weighted by atomic mass is 32.2. The van der Waals surface area contributed by atoms with Crippen LogP contribution in [0.1, 0.15) is 21.5 Å². The zero-order valence-electron chi connectivity index (χ0n) is 18.6. The fraction of sp³-hybridized carbons (Fsp3) is 0.154. The van der Waals surface area contributed by atoms with Crippen LogP contribution in [0.15, 0.2) is 71.9 Å². The third kappa shape index (κ3) is 4.26. The van der Waals surface area contributed by atoms with E-state index in [0.717, 1.165) is 34.0 Å². The van der Waals surface area contributed by atoms with E-state index in [9.17, 15) is 9.59 Å². The van der Waals surface area contributed by atoms with Crippen molar-refractivity contribution in [1.29, 1.82) is 0 Å². The lowest BCUT2D eigenvalue weighted by Gasteiger charge is -2.11. The number of anilines is 1. The summed E-state index contributed by atoms with van der Waals surface area (Å²) in [6, 6.07) is 21.0. The quantitative estimate of drug-likeness (QED) is 0.310. The summed E-state index contributed by atoms with van der Waals surface area (Å²) in [6.45, 7) is 0.730. The molecule has 3 heterocycles. The molecule has 4 aromatic rings. The van der Waals surface area contributed by atoms with E-state index in [4.69, 9.17) is 9.47 Å². The molecule has 0 unspecified atom stereocenters. The van der Waals surface area contributed by atoms with Gasteiger partial charge >= 0.3 is 0 Å². The number of thioether (sulfide) groups is 1. The topological polar surface area (TPSA) is 95.3 Å². The molecule has 0 saturated carbocycles. The van der Waals surface area contributed by atoms with Gasteiger partial charge in [-0.05, 0) is 41.5 Å². The zero-order valence-corrected chi connectivity index (χ0v) is 19.4. The summed E-state index contributed by atoms with van der Waals surface area (Å²) < 4.78 is 13.0. The number of ether oxygens (including phenoxy) is 2. The molecule has 9 heteroatoms. The van der Waals surface area contributed by atoms with E-state index in [1.54, 1.807) is 18.2 Å². The van der Waals surface area contributed by atoms with Gasteiger partial charge in [0.25, 0.3) is 0 Å². The maximum absolute atomic E-state index is 13.0. The van der Waals surface area contributed by atoms with Gasteiger partial charge in [-0.2, -0.15) is 0 Å². The third-order valence-corrected chi connectivity index (χ3v) is 6.88. The number of hydrogen-bond donors (Lipinski definition) is 1. The minimum atomic E-state index is -0.0518. The monoisotopic (exact) mass is 484 g/mol.